The molecule has 2 aromatic rings. The van der Waals surface area contributed by atoms with Crippen molar-refractivity contribution >= 4 is 17.0 Å². The Labute approximate surface area is 63.1 Å². The van der Waals surface area contributed by atoms with E-state index in [1.165, 1.54) is 0 Å². The summed E-state index contributed by atoms with van der Waals surface area (Å²) >= 11 is 0. The van der Waals surface area contributed by atoms with Gasteiger partial charge in [0.2, 0.25) is 5.82 Å². The van der Waals surface area contributed by atoms with Gasteiger partial charge in [-0.05, 0) is 11.1 Å². The minimum absolute atomic E-state index is 0.502. The summed E-state index contributed by atoms with van der Waals surface area (Å²) in [6.07, 6.45) is 3.40. The van der Waals surface area contributed by atoms with E-state index in [0.717, 1.165) is 5.52 Å². The van der Waals surface area contributed by atoms with Gasteiger partial charge in [0, 0.05) is 6.07 Å². The molecule has 0 saturated carbocycles. The Morgan fingerprint density at radius 3 is 3.18 bits per heavy atom. The maximum atomic E-state index is 5.46. The fourth-order valence-corrected chi connectivity index (χ4v) is 0.911. The molecule has 2 rings (SSSR count). The molecule has 0 aliphatic heterocycles. The van der Waals surface area contributed by atoms with Crippen LogP contribution in [0.5, 0.6) is 0 Å². The predicted octanol–water partition coefficient (Wildman–Crippen LogP) is 0.0261. The van der Waals surface area contributed by atoms with E-state index in [2.05, 4.69) is 15.0 Å². The van der Waals surface area contributed by atoms with E-state index < -0.39 is 0 Å². The summed E-state index contributed by atoms with van der Waals surface area (Å²) in [6, 6.07) is 3.55. The number of nitrogens with two attached hydrogens (primary N) is 1. The number of fused-ring (bicyclic) bond motifs is 1. The number of aromatic amines is 1. The third-order valence-corrected chi connectivity index (χ3v) is 1.40. The Bertz CT molecular complexity index is 385. The third kappa shape index (κ3) is 0.980. The molecule has 0 spiro atoms. The number of rotatable bonds is 0. The maximum absolute atomic E-state index is 5.46. The summed E-state index contributed by atoms with van der Waals surface area (Å²) in [5, 5.41) is 0. The number of hydrogen-bond acceptors (Lipinski definition) is 3. The van der Waals surface area contributed by atoms with Crippen LogP contribution in [0.2, 0.25) is 0 Å². The minimum Gasteiger partial charge on any atom is -0.363 e. The SMILES string of the molecule is Nc1ccc2ncc[nH+]c2n1. The molecule has 0 saturated heterocycles. The van der Waals surface area contributed by atoms with Gasteiger partial charge in [-0.2, -0.15) is 0 Å². The first-order valence-corrected chi connectivity index (χ1v) is 3.25. The van der Waals surface area contributed by atoms with Crippen LogP contribution < -0.4 is 10.7 Å². The van der Waals surface area contributed by atoms with Crippen molar-refractivity contribution in [2.45, 2.75) is 0 Å². The minimum atomic E-state index is 0.502. The van der Waals surface area contributed by atoms with Gasteiger partial charge in [0.05, 0.1) is 6.20 Å². The standard InChI is InChI=1S/C7H6N4/c8-6-2-1-5-7(11-6)10-4-3-9-5/h1-4H,(H2,8,10,11)/p+1. The summed E-state index contributed by atoms with van der Waals surface area (Å²) in [5.41, 5.74) is 7.00. The number of hydrogen-bond donors (Lipinski definition) is 1. The fourth-order valence-electron chi connectivity index (χ4n) is 0.911. The van der Waals surface area contributed by atoms with Crippen LogP contribution in [0.4, 0.5) is 5.82 Å². The summed E-state index contributed by atoms with van der Waals surface area (Å²) < 4.78 is 0. The number of nitrogens with one attached hydrogen (secondary N) is 1. The number of nitrogens with zero attached hydrogens (tertiary/aromatic N) is 2. The quantitative estimate of drug-likeness (QED) is 0.571. The van der Waals surface area contributed by atoms with Gasteiger partial charge in [0.25, 0.3) is 0 Å². The lowest BCUT2D eigenvalue weighted by molar-refractivity contribution is -0.348. The lowest BCUT2D eigenvalue weighted by Crippen LogP contribution is -2.06. The Hall–Kier alpha value is -1.71. The molecule has 0 amide bonds. The molecule has 0 aliphatic carbocycles. The molecule has 0 fully saturated rings. The molecule has 0 aromatic carbocycles. The lowest BCUT2D eigenvalue weighted by atomic mass is 10.4. The largest absolute Gasteiger partial charge is 0.363 e. The predicted molar refractivity (Wildman–Crippen MR) is 40.5 cm³/mol. The van der Waals surface area contributed by atoms with Crippen LogP contribution in [-0.2, 0) is 0 Å². The van der Waals surface area contributed by atoms with Crippen LogP contribution in [-0.4, -0.2) is 9.97 Å². The van der Waals surface area contributed by atoms with Crippen LogP contribution >= 0.6 is 0 Å². The average molecular weight is 147 g/mol. The monoisotopic (exact) mass is 147 g/mol. The number of aromatic nitrogens is 3. The molecule has 0 aliphatic rings. The molecule has 4 nitrogen and oxygen atoms in total. The van der Waals surface area contributed by atoms with Gasteiger partial charge in [-0.15, -0.1) is 0 Å². The number of anilines is 1. The zero-order valence-corrected chi connectivity index (χ0v) is 5.78. The van der Waals surface area contributed by atoms with Gasteiger partial charge >= 0.3 is 5.65 Å². The van der Waals surface area contributed by atoms with Crippen LogP contribution in [0.25, 0.3) is 11.2 Å². The first-order valence-electron chi connectivity index (χ1n) is 3.25. The van der Waals surface area contributed by atoms with Gasteiger partial charge in [0.15, 0.2) is 5.52 Å². The Morgan fingerprint density at radius 2 is 2.27 bits per heavy atom. The van der Waals surface area contributed by atoms with Crippen molar-refractivity contribution in [1.82, 2.24) is 9.97 Å². The third-order valence-electron chi connectivity index (χ3n) is 1.40. The van der Waals surface area contributed by atoms with Crippen molar-refractivity contribution in [1.29, 1.82) is 0 Å². The van der Waals surface area contributed by atoms with Crippen molar-refractivity contribution in [2.24, 2.45) is 0 Å². The Balaban J connectivity index is 2.83. The highest BCUT2D eigenvalue weighted by molar-refractivity contribution is 5.67. The van der Waals surface area contributed by atoms with E-state index >= 15 is 0 Å². The van der Waals surface area contributed by atoms with E-state index in [-0.39, 0.29) is 0 Å². The Morgan fingerprint density at radius 1 is 1.36 bits per heavy atom. The van der Waals surface area contributed by atoms with Crippen molar-refractivity contribution in [2.75, 3.05) is 5.73 Å². The summed E-state index contributed by atoms with van der Waals surface area (Å²) in [6.45, 7) is 0. The second-order valence-corrected chi connectivity index (χ2v) is 2.19. The molecule has 0 unspecified atom stereocenters. The topological polar surface area (TPSA) is 65.9 Å². The van der Waals surface area contributed by atoms with E-state index in [4.69, 9.17) is 5.73 Å². The first kappa shape index (κ1) is 6.03. The zero-order valence-electron chi connectivity index (χ0n) is 5.78. The zero-order chi connectivity index (χ0) is 7.68. The molecule has 0 radical (unpaired) electrons. The molecule has 2 heterocycles. The number of pyridine rings is 1. The lowest BCUT2D eigenvalue weighted by Gasteiger charge is -1.86. The normalized spacial score (nSPS) is 10.2. The molecular formula is C7H7N4+. The smallest absolute Gasteiger partial charge is 0.349 e. The van der Waals surface area contributed by atoms with Gasteiger partial charge < -0.3 is 5.73 Å². The molecule has 54 valence electrons. The fraction of sp³-hybridized carbons (Fsp3) is 0. The second-order valence-electron chi connectivity index (χ2n) is 2.19. The van der Waals surface area contributed by atoms with Crippen LogP contribution in [0, 0.1) is 0 Å². The van der Waals surface area contributed by atoms with Gasteiger partial charge in [-0.25, -0.2) is 9.97 Å². The second kappa shape index (κ2) is 2.16. The van der Waals surface area contributed by atoms with Gasteiger partial charge in [-0.3, -0.25) is 0 Å². The van der Waals surface area contributed by atoms with Crippen LogP contribution in [0.3, 0.4) is 0 Å². The van der Waals surface area contributed by atoms with Crippen LogP contribution in [0.15, 0.2) is 24.5 Å². The van der Waals surface area contributed by atoms with Crippen molar-refractivity contribution in [3.63, 3.8) is 0 Å². The summed E-state index contributed by atoms with van der Waals surface area (Å²) in [7, 11) is 0. The Kier molecular flexibility index (Phi) is 1.18. The molecule has 3 N–H and O–H groups in total. The van der Waals surface area contributed by atoms with Crippen molar-refractivity contribution < 1.29 is 4.98 Å². The van der Waals surface area contributed by atoms with E-state index in [1.54, 1.807) is 18.5 Å². The average Bonchev–Trinajstić information content (AvgIpc) is 2.04. The number of nitrogen functional groups attached to an aromatic ring is 1. The van der Waals surface area contributed by atoms with Gasteiger partial charge in [0.1, 0.15) is 6.20 Å². The highest BCUT2D eigenvalue weighted by atomic mass is 14.9. The molecular weight excluding hydrogens is 140 g/mol. The summed E-state index contributed by atoms with van der Waals surface area (Å²) in [4.78, 5) is 11.0. The van der Waals surface area contributed by atoms with E-state index in [0.29, 0.717) is 11.5 Å². The molecule has 0 atom stereocenters. The first-order chi connectivity index (χ1) is 5.36. The van der Waals surface area contributed by atoms with Gasteiger partial charge in [-0.1, -0.05) is 0 Å². The molecule has 4 heteroatoms. The highest BCUT2D eigenvalue weighted by Crippen LogP contribution is 2.03. The molecule has 2 aromatic heterocycles. The highest BCUT2D eigenvalue weighted by Gasteiger charge is 2.03. The van der Waals surface area contributed by atoms with Crippen molar-refractivity contribution in [3.8, 4) is 0 Å². The van der Waals surface area contributed by atoms with E-state index in [1.807, 2.05) is 6.07 Å². The van der Waals surface area contributed by atoms with Crippen molar-refractivity contribution in [3.05, 3.63) is 24.5 Å². The number of H-pyrrole nitrogens is 1. The summed E-state index contributed by atoms with van der Waals surface area (Å²) in [5.74, 6) is 0.502. The maximum Gasteiger partial charge on any atom is 0.349 e. The van der Waals surface area contributed by atoms with E-state index in [9.17, 15) is 0 Å². The van der Waals surface area contributed by atoms with Crippen LogP contribution in [0.1, 0.15) is 0 Å². The molecule has 11 heavy (non-hydrogen) atoms. The molecule has 0 bridgehead atoms.